The van der Waals surface area contributed by atoms with Crippen molar-refractivity contribution in [2.45, 2.75) is 25.7 Å². The lowest BCUT2D eigenvalue weighted by molar-refractivity contribution is 0.463. The van der Waals surface area contributed by atoms with Crippen LogP contribution in [0, 0.1) is 0 Å². The topological polar surface area (TPSA) is 21.7 Å². The van der Waals surface area contributed by atoms with Crippen LogP contribution in [-0.2, 0) is 25.7 Å². The van der Waals surface area contributed by atoms with Crippen molar-refractivity contribution >= 4 is 40.2 Å². The lowest BCUT2D eigenvalue weighted by atomic mass is 9.34. The van der Waals surface area contributed by atoms with Gasteiger partial charge in [-0.2, -0.15) is 0 Å². The van der Waals surface area contributed by atoms with Crippen molar-refractivity contribution in [1.82, 2.24) is 0 Å². The summed E-state index contributed by atoms with van der Waals surface area (Å²) in [6, 6.07) is 34.8. The number of para-hydroxylation sites is 2. The Morgan fingerprint density at radius 1 is 0.474 bits per heavy atom. The van der Waals surface area contributed by atoms with E-state index in [1.807, 2.05) is 0 Å². The Balaban J connectivity index is 1.29. The van der Waals surface area contributed by atoms with E-state index >= 15 is 0 Å². The predicted octanol–water partition coefficient (Wildman–Crippen LogP) is 6.08. The molecule has 0 saturated carbocycles. The Morgan fingerprint density at radius 3 is 1.37 bits per heavy atom. The molecule has 9 rings (SSSR count). The zero-order chi connectivity index (χ0) is 24.8. The van der Waals surface area contributed by atoms with E-state index in [1.165, 1.54) is 33.2 Å². The summed E-state index contributed by atoms with van der Waals surface area (Å²) in [4.78, 5) is 2.28. The van der Waals surface area contributed by atoms with E-state index in [1.54, 1.807) is 0 Å². The Bertz CT molecular complexity index is 1650. The van der Waals surface area contributed by atoms with Gasteiger partial charge in [0.15, 0.2) is 0 Å². The predicted molar refractivity (Wildman–Crippen MR) is 154 cm³/mol. The van der Waals surface area contributed by atoms with E-state index < -0.39 is 0 Å². The van der Waals surface area contributed by atoms with Crippen molar-refractivity contribution in [2.24, 2.45) is 0 Å². The monoisotopic (exact) mass is 489 g/mol. The maximum Gasteiger partial charge on any atom is 0.260 e. The second-order valence-electron chi connectivity index (χ2n) is 10.8. The Labute approximate surface area is 222 Å². The van der Waals surface area contributed by atoms with Crippen LogP contribution >= 0.6 is 0 Å². The summed E-state index contributed by atoms with van der Waals surface area (Å²) in [6.45, 7) is 0.125. The molecular weight excluding hydrogens is 465 g/mol. The van der Waals surface area contributed by atoms with Crippen molar-refractivity contribution in [3.8, 4) is 23.0 Å². The summed E-state index contributed by atoms with van der Waals surface area (Å²) in [7, 11) is 0. The molecule has 0 radical (unpaired) electrons. The number of nitrogens with zero attached hydrogens (tertiary/aromatic N) is 1. The van der Waals surface area contributed by atoms with Crippen LogP contribution in [-0.4, -0.2) is 6.71 Å². The SMILES string of the molecule is c1ccc(N(c2ccccc2)c2cc3c4c(c2)Oc2cc5c(cc2B4c2cc4c(cc2O3)CC4)CC5)cc1. The Hall–Kier alpha value is -4.44. The summed E-state index contributed by atoms with van der Waals surface area (Å²) in [5.41, 5.74) is 12.7. The highest BCUT2D eigenvalue weighted by atomic mass is 16.5. The zero-order valence-corrected chi connectivity index (χ0v) is 20.9. The first-order valence-electron chi connectivity index (χ1n) is 13.6. The first kappa shape index (κ1) is 20.6. The fraction of sp³-hybridized carbons (Fsp3) is 0.118. The minimum absolute atomic E-state index is 0.125. The van der Waals surface area contributed by atoms with Gasteiger partial charge in [0, 0.05) is 29.0 Å². The molecule has 0 unspecified atom stereocenters. The molecule has 3 nitrogen and oxygen atoms in total. The van der Waals surface area contributed by atoms with Gasteiger partial charge in [0.05, 0.1) is 5.69 Å². The van der Waals surface area contributed by atoms with E-state index in [0.717, 1.165) is 71.2 Å². The van der Waals surface area contributed by atoms with Crippen LogP contribution in [0.15, 0.2) is 97.1 Å². The minimum atomic E-state index is 0.125. The van der Waals surface area contributed by atoms with Gasteiger partial charge in [0.2, 0.25) is 0 Å². The number of anilines is 3. The van der Waals surface area contributed by atoms with Gasteiger partial charge in [-0.15, -0.1) is 0 Å². The van der Waals surface area contributed by atoms with Gasteiger partial charge in [-0.25, -0.2) is 0 Å². The molecule has 5 aromatic rings. The van der Waals surface area contributed by atoms with Gasteiger partial charge in [0.25, 0.3) is 6.71 Å². The average Bonchev–Trinajstić information content (AvgIpc) is 2.92. The van der Waals surface area contributed by atoms with Crippen molar-refractivity contribution < 1.29 is 9.47 Å². The number of benzene rings is 5. The van der Waals surface area contributed by atoms with Gasteiger partial charge < -0.3 is 14.4 Å². The molecule has 4 aliphatic rings. The number of ether oxygens (including phenoxy) is 2. The van der Waals surface area contributed by atoms with Crippen molar-refractivity contribution in [3.05, 3.63) is 119 Å². The van der Waals surface area contributed by atoms with E-state index in [9.17, 15) is 0 Å². The largest absolute Gasteiger partial charge is 0.458 e. The van der Waals surface area contributed by atoms with Crippen LogP contribution in [0.5, 0.6) is 23.0 Å². The summed E-state index contributed by atoms with van der Waals surface area (Å²) in [5, 5.41) is 0. The third kappa shape index (κ3) is 2.86. The van der Waals surface area contributed by atoms with Gasteiger partial charge in [-0.3, -0.25) is 0 Å². The highest BCUT2D eigenvalue weighted by Crippen LogP contribution is 2.43. The van der Waals surface area contributed by atoms with E-state index in [-0.39, 0.29) is 6.71 Å². The zero-order valence-electron chi connectivity index (χ0n) is 20.9. The molecule has 0 atom stereocenters. The highest BCUT2D eigenvalue weighted by Gasteiger charge is 2.42. The fourth-order valence-electron chi connectivity index (χ4n) is 6.60. The average molecular weight is 489 g/mol. The van der Waals surface area contributed by atoms with Crippen LogP contribution in [0.3, 0.4) is 0 Å². The van der Waals surface area contributed by atoms with Crippen LogP contribution < -0.4 is 30.8 Å². The number of fused-ring (bicyclic) bond motifs is 6. The second-order valence-corrected chi connectivity index (χ2v) is 10.8. The molecule has 0 N–H and O–H groups in total. The summed E-state index contributed by atoms with van der Waals surface area (Å²) in [6.07, 6.45) is 4.59. The van der Waals surface area contributed by atoms with Crippen LogP contribution in [0.25, 0.3) is 0 Å². The third-order valence-corrected chi connectivity index (χ3v) is 8.72. The molecule has 0 fully saturated rings. The highest BCUT2D eigenvalue weighted by molar-refractivity contribution is 6.98. The van der Waals surface area contributed by atoms with Crippen molar-refractivity contribution in [2.75, 3.05) is 4.90 Å². The van der Waals surface area contributed by atoms with Gasteiger partial charge in [-0.05, 0) is 95.3 Å². The molecule has 0 amide bonds. The summed E-state index contributed by atoms with van der Waals surface area (Å²) < 4.78 is 13.5. The number of hydrogen-bond donors (Lipinski definition) is 0. The van der Waals surface area contributed by atoms with Gasteiger partial charge in [0.1, 0.15) is 23.0 Å². The molecule has 4 heteroatoms. The summed E-state index contributed by atoms with van der Waals surface area (Å²) >= 11 is 0. The smallest absolute Gasteiger partial charge is 0.260 e. The molecule has 5 aromatic carbocycles. The molecule has 0 bridgehead atoms. The molecule has 0 saturated heterocycles. The number of aryl methyl sites for hydroxylation is 4. The first-order valence-corrected chi connectivity index (χ1v) is 13.6. The lowest BCUT2D eigenvalue weighted by Gasteiger charge is -2.37. The lowest BCUT2D eigenvalue weighted by Crippen LogP contribution is -2.58. The van der Waals surface area contributed by atoms with Crippen molar-refractivity contribution in [3.63, 3.8) is 0 Å². The Morgan fingerprint density at radius 2 is 0.921 bits per heavy atom. The molecule has 2 aliphatic heterocycles. The third-order valence-electron chi connectivity index (χ3n) is 8.72. The van der Waals surface area contributed by atoms with Crippen molar-refractivity contribution in [1.29, 1.82) is 0 Å². The summed E-state index contributed by atoms with van der Waals surface area (Å²) in [5.74, 6) is 3.76. The molecule has 38 heavy (non-hydrogen) atoms. The maximum atomic E-state index is 6.73. The van der Waals surface area contributed by atoms with E-state index in [4.69, 9.17) is 9.47 Å². The number of hydrogen-bond acceptors (Lipinski definition) is 3. The maximum absolute atomic E-state index is 6.73. The fourth-order valence-corrected chi connectivity index (χ4v) is 6.60. The molecule has 0 spiro atoms. The molecule has 0 aromatic heterocycles. The molecule has 2 aliphatic carbocycles. The normalized spacial score (nSPS) is 14.8. The standard InChI is InChI=1S/C34H24BNO2/c1-3-7-25(8-4-1)36(26-9-5-2-6-10-26)27-19-32-34-33(20-27)38-31-18-24-14-12-22(24)16-29(31)35(34)28-15-21-11-13-23(21)17-30(28)37-32/h1-10,15-20H,11-14H2. The van der Waals surface area contributed by atoms with Gasteiger partial charge >= 0.3 is 0 Å². The number of rotatable bonds is 3. The molecular formula is C34H24BNO2. The van der Waals surface area contributed by atoms with Crippen LogP contribution in [0.1, 0.15) is 22.3 Å². The second kappa shape index (κ2) is 7.55. The molecule has 180 valence electrons. The van der Waals surface area contributed by atoms with Gasteiger partial charge in [-0.1, -0.05) is 48.5 Å². The van der Waals surface area contributed by atoms with Crippen LogP contribution in [0.4, 0.5) is 17.1 Å². The van der Waals surface area contributed by atoms with Crippen LogP contribution in [0.2, 0.25) is 0 Å². The molecule has 2 heterocycles. The first-order chi connectivity index (χ1) is 18.8. The van der Waals surface area contributed by atoms with E-state index in [0.29, 0.717) is 0 Å². The van der Waals surface area contributed by atoms with E-state index in [2.05, 4.69) is 102 Å². The Kier molecular flexibility index (Phi) is 4.09. The minimum Gasteiger partial charge on any atom is -0.458 e. The quantitative estimate of drug-likeness (QED) is 0.281.